The fourth-order valence-electron chi connectivity index (χ4n) is 1.46. The van der Waals surface area contributed by atoms with E-state index < -0.39 is 18.0 Å². The highest BCUT2D eigenvalue weighted by atomic mass is 16.6. The van der Waals surface area contributed by atoms with E-state index in [0.29, 0.717) is 6.54 Å². The smallest absolute Gasteiger partial charge is 0.333 e. The van der Waals surface area contributed by atoms with Crippen LogP contribution in [0.4, 0.5) is 0 Å². The van der Waals surface area contributed by atoms with Gasteiger partial charge in [0.1, 0.15) is 19.3 Å². The molecule has 0 aromatic carbocycles. The molecule has 0 aliphatic carbocycles. The molecule has 0 aliphatic heterocycles. The number of aliphatic hydroxyl groups is 1. The lowest BCUT2D eigenvalue weighted by Gasteiger charge is -2.16. The summed E-state index contributed by atoms with van der Waals surface area (Å²) >= 11 is 0. The van der Waals surface area contributed by atoms with Crippen molar-refractivity contribution in [2.75, 3.05) is 26.8 Å². The van der Waals surface area contributed by atoms with Gasteiger partial charge in [-0.3, -0.25) is 9.59 Å². The molecule has 7 heteroatoms. The van der Waals surface area contributed by atoms with E-state index >= 15 is 0 Å². The average molecular weight is 315 g/mol. The lowest BCUT2D eigenvalue weighted by molar-refractivity contribution is -0.151. The number of carbonyl (C=O) groups is 3. The number of hydrogen-bond donors (Lipinski definition) is 1. The molecule has 0 bridgehead atoms. The van der Waals surface area contributed by atoms with Gasteiger partial charge in [-0.05, 0) is 13.3 Å². The molecular weight excluding hydrogens is 290 g/mol. The Morgan fingerprint density at radius 3 is 2.32 bits per heavy atom. The summed E-state index contributed by atoms with van der Waals surface area (Å²) in [4.78, 5) is 35.7. The van der Waals surface area contributed by atoms with Crippen LogP contribution < -0.4 is 0 Å². The molecule has 1 amide bonds. The molecule has 0 saturated carbocycles. The molecule has 0 aromatic rings. The minimum atomic E-state index is -1.11. The molecule has 0 radical (unpaired) electrons. The number of ether oxygens (including phenoxy) is 2. The highest BCUT2D eigenvalue weighted by molar-refractivity contribution is 5.86. The Kier molecular flexibility index (Phi) is 9.86. The van der Waals surface area contributed by atoms with Gasteiger partial charge in [0.05, 0.1) is 6.42 Å². The van der Waals surface area contributed by atoms with Crippen LogP contribution in [-0.2, 0) is 23.9 Å². The van der Waals surface area contributed by atoms with Crippen molar-refractivity contribution in [1.82, 2.24) is 4.90 Å². The van der Waals surface area contributed by atoms with Crippen LogP contribution in [0.5, 0.6) is 0 Å². The number of nitrogens with zero attached hydrogens (tertiary/aromatic N) is 1. The molecule has 22 heavy (non-hydrogen) atoms. The number of carbonyl (C=O) groups excluding carboxylic acids is 3. The van der Waals surface area contributed by atoms with Crippen molar-refractivity contribution in [3.05, 3.63) is 12.2 Å². The number of amides is 1. The van der Waals surface area contributed by atoms with Gasteiger partial charge < -0.3 is 19.5 Å². The first-order valence-corrected chi connectivity index (χ1v) is 7.18. The summed E-state index contributed by atoms with van der Waals surface area (Å²) in [6.45, 7) is 6.91. The first-order chi connectivity index (χ1) is 10.3. The fraction of sp³-hybridized carbons (Fsp3) is 0.667. The third-order valence-electron chi connectivity index (χ3n) is 2.72. The number of aliphatic hydroxyl groups excluding tert-OH is 1. The Labute approximate surface area is 130 Å². The second-order valence-electron chi connectivity index (χ2n) is 5.03. The highest BCUT2D eigenvalue weighted by Gasteiger charge is 2.14. The first-order valence-electron chi connectivity index (χ1n) is 7.18. The maximum atomic E-state index is 11.6. The standard InChI is InChI=1S/C15H25NO6/c1-5-8-16(4)13(18)6-7-14(19)21-9-12(17)10-22-15(20)11(2)3/h12,17H,2,5-10H2,1,3-4H3. The summed E-state index contributed by atoms with van der Waals surface area (Å²) in [7, 11) is 1.68. The summed E-state index contributed by atoms with van der Waals surface area (Å²) in [5.74, 6) is -1.33. The summed E-state index contributed by atoms with van der Waals surface area (Å²) in [6.07, 6.45) is -0.242. The Morgan fingerprint density at radius 2 is 1.77 bits per heavy atom. The van der Waals surface area contributed by atoms with Gasteiger partial charge in [0.15, 0.2) is 0 Å². The Bertz CT molecular complexity index is 407. The van der Waals surface area contributed by atoms with Gasteiger partial charge in [-0.25, -0.2) is 4.79 Å². The van der Waals surface area contributed by atoms with Crippen molar-refractivity contribution in [1.29, 1.82) is 0 Å². The van der Waals surface area contributed by atoms with Gasteiger partial charge in [0.2, 0.25) is 5.91 Å². The summed E-state index contributed by atoms with van der Waals surface area (Å²) in [6, 6.07) is 0. The van der Waals surface area contributed by atoms with Crippen LogP contribution in [0.1, 0.15) is 33.1 Å². The van der Waals surface area contributed by atoms with E-state index in [9.17, 15) is 19.5 Å². The van der Waals surface area contributed by atoms with Gasteiger partial charge in [-0.2, -0.15) is 0 Å². The summed E-state index contributed by atoms with van der Waals surface area (Å²) in [5.41, 5.74) is 0.221. The molecule has 1 N–H and O–H groups in total. The number of esters is 2. The first kappa shape index (κ1) is 20.1. The van der Waals surface area contributed by atoms with Crippen LogP contribution in [0.25, 0.3) is 0 Å². The Balaban J connectivity index is 3.87. The van der Waals surface area contributed by atoms with Crippen molar-refractivity contribution >= 4 is 17.8 Å². The van der Waals surface area contributed by atoms with Gasteiger partial charge in [0, 0.05) is 25.6 Å². The average Bonchev–Trinajstić information content (AvgIpc) is 2.47. The third-order valence-corrected chi connectivity index (χ3v) is 2.72. The molecule has 0 aliphatic rings. The molecule has 0 fully saturated rings. The van der Waals surface area contributed by atoms with Crippen molar-refractivity contribution in [3.8, 4) is 0 Å². The topological polar surface area (TPSA) is 93.1 Å². The lowest BCUT2D eigenvalue weighted by atomic mass is 10.2. The van der Waals surface area contributed by atoms with E-state index in [1.807, 2.05) is 6.92 Å². The highest BCUT2D eigenvalue weighted by Crippen LogP contribution is 2.00. The molecule has 0 spiro atoms. The normalized spacial score (nSPS) is 11.5. The van der Waals surface area contributed by atoms with Crippen molar-refractivity contribution in [2.45, 2.75) is 39.2 Å². The molecule has 1 unspecified atom stereocenters. The zero-order chi connectivity index (χ0) is 17.1. The van der Waals surface area contributed by atoms with E-state index in [0.717, 1.165) is 6.42 Å². The van der Waals surface area contributed by atoms with Crippen LogP contribution in [-0.4, -0.2) is 60.8 Å². The molecular formula is C15H25NO6. The zero-order valence-corrected chi connectivity index (χ0v) is 13.5. The molecule has 0 aromatic heterocycles. The number of hydrogen-bond acceptors (Lipinski definition) is 6. The Hall–Kier alpha value is -1.89. The minimum Gasteiger partial charge on any atom is -0.463 e. The Morgan fingerprint density at radius 1 is 1.18 bits per heavy atom. The van der Waals surface area contributed by atoms with Crippen LogP contribution >= 0.6 is 0 Å². The van der Waals surface area contributed by atoms with Gasteiger partial charge in [0.25, 0.3) is 0 Å². The van der Waals surface area contributed by atoms with Gasteiger partial charge >= 0.3 is 11.9 Å². The van der Waals surface area contributed by atoms with Crippen molar-refractivity contribution < 1.29 is 29.0 Å². The molecule has 7 nitrogen and oxygen atoms in total. The van der Waals surface area contributed by atoms with Crippen LogP contribution in [0.2, 0.25) is 0 Å². The summed E-state index contributed by atoms with van der Waals surface area (Å²) in [5, 5.41) is 9.51. The van der Waals surface area contributed by atoms with Crippen LogP contribution in [0.15, 0.2) is 12.2 Å². The molecule has 0 rings (SSSR count). The molecule has 1 atom stereocenters. The zero-order valence-electron chi connectivity index (χ0n) is 13.5. The third kappa shape index (κ3) is 9.12. The minimum absolute atomic E-state index is 0.0504. The quantitative estimate of drug-likeness (QED) is 0.470. The van der Waals surface area contributed by atoms with E-state index in [1.54, 1.807) is 11.9 Å². The van der Waals surface area contributed by atoms with E-state index in [-0.39, 0.29) is 37.5 Å². The molecule has 126 valence electrons. The second-order valence-corrected chi connectivity index (χ2v) is 5.03. The molecule has 0 saturated heterocycles. The summed E-state index contributed by atoms with van der Waals surface area (Å²) < 4.78 is 9.53. The van der Waals surface area contributed by atoms with Crippen molar-refractivity contribution in [2.24, 2.45) is 0 Å². The fourth-order valence-corrected chi connectivity index (χ4v) is 1.46. The predicted molar refractivity (Wildman–Crippen MR) is 79.9 cm³/mol. The maximum absolute atomic E-state index is 11.6. The monoisotopic (exact) mass is 315 g/mol. The van der Waals surface area contributed by atoms with Gasteiger partial charge in [-0.1, -0.05) is 13.5 Å². The van der Waals surface area contributed by atoms with E-state index in [1.165, 1.54) is 6.92 Å². The largest absolute Gasteiger partial charge is 0.463 e. The lowest BCUT2D eigenvalue weighted by Crippen LogP contribution is -2.28. The second kappa shape index (κ2) is 10.8. The van der Waals surface area contributed by atoms with Crippen molar-refractivity contribution in [3.63, 3.8) is 0 Å². The maximum Gasteiger partial charge on any atom is 0.333 e. The number of rotatable bonds is 10. The van der Waals surface area contributed by atoms with Crippen LogP contribution in [0, 0.1) is 0 Å². The van der Waals surface area contributed by atoms with Gasteiger partial charge in [-0.15, -0.1) is 0 Å². The predicted octanol–water partition coefficient (Wildman–Crippen LogP) is 0.658. The SMILES string of the molecule is C=C(C)C(=O)OCC(O)COC(=O)CCC(=O)N(C)CCC. The molecule has 0 heterocycles. The van der Waals surface area contributed by atoms with E-state index in [4.69, 9.17) is 9.47 Å². The van der Waals surface area contributed by atoms with E-state index in [2.05, 4.69) is 6.58 Å². The van der Waals surface area contributed by atoms with Crippen LogP contribution in [0.3, 0.4) is 0 Å².